The van der Waals surface area contributed by atoms with E-state index in [4.69, 9.17) is 13.9 Å². The number of hydrogen-bond donors (Lipinski definition) is 1. The number of fused-ring (bicyclic) bond motifs is 1. The molecule has 0 spiro atoms. The Morgan fingerprint density at radius 3 is 3.22 bits per heavy atom. The second kappa shape index (κ2) is 5.79. The van der Waals surface area contributed by atoms with Gasteiger partial charge in [-0.1, -0.05) is 6.08 Å². The van der Waals surface area contributed by atoms with Gasteiger partial charge in [0.25, 0.3) is 5.88 Å². The Hall–Kier alpha value is -2.76. The van der Waals surface area contributed by atoms with E-state index in [-0.39, 0.29) is 0 Å². The van der Waals surface area contributed by atoms with Crippen molar-refractivity contribution in [2.45, 2.75) is 19.8 Å². The van der Waals surface area contributed by atoms with Gasteiger partial charge in [-0.15, -0.1) is 10.2 Å². The van der Waals surface area contributed by atoms with Gasteiger partial charge >= 0.3 is 0 Å². The van der Waals surface area contributed by atoms with Gasteiger partial charge in [0.2, 0.25) is 5.58 Å². The molecule has 6 nitrogen and oxygen atoms in total. The van der Waals surface area contributed by atoms with Crippen LogP contribution >= 0.6 is 0 Å². The molecule has 1 N–H and O–H groups in total. The van der Waals surface area contributed by atoms with E-state index in [0.29, 0.717) is 23.9 Å². The van der Waals surface area contributed by atoms with E-state index in [9.17, 15) is 0 Å². The minimum Gasteiger partial charge on any atom is -0.493 e. The summed E-state index contributed by atoms with van der Waals surface area (Å²) < 4.78 is 16.6. The smallest absolute Gasteiger partial charge is 0.277 e. The van der Waals surface area contributed by atoms with Crippen molar-refractivity contribution in [2.24, 2.45) is 0 Å². The number of anilines is 1. The van der Waals surface area contributed by atoms with Crippen molar-refractivity contribution in [3.63, 3.8) is 0 Å². The van der Waals surface area contributed by atoms with Crippen LogP contribution in [0.5, 0.6) is 5.88 Å². The Morgan fingerprint density at radius 2 is 2.30 bits per heavy atom. The van der Waals surface area contributed by atoms with Crippen molar-refractivity contribution in [1.82, 2.24) is 10.2 Å². The van der Waals surface area contributed by atoms with Gasteiger partial charge in [-0.3, -0.25) is 0 Å². The number of aromatic nitrogens is 2. The molecule has 0 atom stereocenters. The Bertz CT molecular complexity index is 833. The largest absolute Gasteiger partial charge is 0.493 e. The third-order valence-corrected chi connectivity index (χ3v) is 3.86. The van der Waals surface area contributed by atoms with Crippen LogP contribution < -0.4 is 10.1 Å². The average molecular weight is 311 g/mol. The van der Waals surface area contributed by atoms with E-state index in [0.717, 1.165) is 36.3 Å². The molecule has 0 radical (unpaired) electrons. The van der Waals surface area contributed by atoms with Gasteiger partial charge < -0.3 is 19.2 Å². The monoisotopic (exact) mass is 311 g/mol. The zero-order valence-corrected chi connectivity index (χ0v) is 12.8. The highest BCUT2D eigenvalue weighted by Gasteiger charge is 2.17. The van der Waals surface area contributed by atoms with Gasteiger partial charge in [-0.05, 0) is 31.1 Å². The fourth-order valence-electron chi connectivity index (χ4n) is 2.77. The summed E-state index contributed by atoms with van der Waals surface area (Å²) in [5.41, 5.74) is 2.85. The molecule has 0 bridgehead atoms. The van der Waals surface area contributed by atoms with E-state index in [1.807, 2.05) is 25.1 Å². The predicted molar refractivity (Wildman–Crippen MR) is 86.0 cm³/mol. The quantitative estimate of drug-likeness (QED) is 0.931. The standard InChI is InChI=1S/C17H17N3O3/c1-2-21-17-15-13(7-9-23-15)16(19-20-17)18-12-5-3-4-11-6-8-22-14(11)10-12/h3,5,7,9-10H,2,4,6,8H2,1H3,(H,18,19). The highest BCUT2D eigenvalue weighted by molar-refractivity contribution is 5.91. The molecule has 2 aromatic rings. The van der Waals surface area contributed by atoms with E-state index in [1.54, 1.807) is 6.26 Å². The number of nitrogens with one attached hydrogen (secondary N) is 1. The zero-order chi connectivity index (χ0) is 15.6. The van der Waals surface area contributed by atoms with Crippen molar-refractivity contribution in [2.75, 3.05) is 18.5 Å². The first-order chi connectivity index (χ1) is 11.3. The van der Waals surface area contributed by atoms with Crippen LogP contribution in [0.2, 0.25) is 0 Å². The Kier molecular flexibility index (Phi) is 3.49. The van der Waals surface area contributed by atoms with Crippen LogP contribution in [0, 0.1) is 0 Å². The van der Waals surface area contributed by atoms with Crippen LogP contribution in [0.15, 0.2) is 52.0 Å². The summed E-state index contributed by atoms with van der Waals surface area (Å²) >= 11 is 0. The van der Waals surface area contributed by atoms with Crippen LogP contribution in [0.1, 0.15) is 19.8 Å². The average Bonchev–Trinajstić information content (AvgIpc) is 3.17. The Morgan fingerprint density at radius 1 is 1.35 bits per heavy atom. The molecule has 2 aliphatic rings. The number of allylic oxidation sites excluding steroid dienone is 3. The maximum absolute atomic E-state index is 5.68. The van der Waals surface area contributed by atoms with E-state index >= 15 is 0 Å². The number of furan rings is 1. The van der Waals surface area contributed by atoms with E-state index in [1.165, 1.54) is 5.57 Å². The van der Waals surface area contributed by atoms with Crippen molar-refractivity contribution in [3.05, 3.63) is 47.6 Å². The van der Waals surface area contributed by atoms with E-state index in [2.05, 4.69) is 21.6 Å². The first-order valence-corrected chi connectivity index (χ1v) is 7.72. The Balaban J connectivity index is 1.68. The van der Waals surface area contributed by atoms with Crippen molar-refractivity contribution in [1.29, 1.82) is 0 Å². The van der Waals surface area contributed by atoms with Gasteiger partial charge in [-0.2, -0.15) is 0 Å². The SMILES string of the molecule is CCOc1nnc(NC2=CC3=C(CC=C2)CCO3)c2ccoc12. The summed E-state index contributed by atoms with van der Waals surface area (Å²) in [6, 6.07) is 1.85. The molecular formula is C17H17N3O3. The molecule has 23 heavy (non-hydrogen) atoms. The third kappa shape index (κ3) is 2.56. The fraction of sp³-hybridized carbons (Fsp3) is 0.294. The van der Waals surface area contributed by atoms with Gasteiger partial charge in [0.05, 0.1) is 24.9 Å². The first-order valence-electron chi connectivity index (χ1n) is 7.72. The highest BCUT2D eigenvalue weighted by atomic mass is 16.5. The molecule has 0 saturated carbocycles. The molecule has 0 amide bonds. The molecule has 118 valence electrons. The summed E-state index contributed by atoms with van der Waals surface area (Å²) in [7, 11) is 0. The summed E-state index contributed by atoms with van der Waals surface area (Å²) in [4.78, 5) is 0. The fourth-order valence-corrected chi connectivity index (χ4v) is 2.77. The zero-order valence-electron chi connectivity index (χ0n) is 12.8. The lowest BCUT2D eigenvalue weighted by atomic mass is 10.1. The van der Waals surface area contributed by atoms with Crippen LogP contribution in [0.25, 0.3) is 11.0 Å². The lowest BCUT2D eigenvalue weighted by Crippen LogP contribution is -2.03. The van der Waals surface area contributed by atoms with Gasteiger partial charge in [-0.25, -0.2) is 0 Å². The predicted octanol–water partition coefficient (Wildman–Crippen LogP) is 3.55. The van der Waals surface area contributed by atoms with Crippen LogP contribution in [0.4, 0.5) is 5.82 Å². The second-order valence-electron chi connectivity index (χ2n) is 5.35. The normalized spacial score (nSPS) is 16.8. The van der Waals surface area contributed by atoms with Crippen LogP contribution in [0.3, 0.4) is 0 Å². The van der Waals surface area contributed by atoms with Crippen molar-refractivity contribution >= 4 is 16.8 Å². The topological polar surface area (TPSA) is 69.4 Å². The van der Waals surface area contributed by atoms with Crippen molar-refractivity contribution in [3.8, 4) is 5.88 Å². The molecule has 3 heterocycles. The number of hydrogen-bond acceptors (Lipinski definition) is 6. The molecule has 1 aliphatic heterocycles. The molecule has 1 aliphatic carbocycles. The molecule has 4 rings (SSSR count). The number of ether oxygens (including phenoxy) is 2. The minimum atomic E-state index is 0.410. The molecule has 0 aromatic carbocycles. The lowest BCUT2D eigenvalue weighted by molar-refractivity contribution is 0.257. The summed E-state index contributed by atoms with van der Waals surface area (Å²) in [5, 5.41) is 12.5. The molecule has 2 aromatic heterocycles. The lowest BCUT2D eigenvalue weighted by Gasteiger charge is -2.09. The van der Waals surface area contributed by atoms with E-state index < -0.39 is 0 Å². The number of rotatable bonds is 4. The molecule has 0 unspecified atom stereocenters. The van der Waals surface area contributed by atoms with Crippen molar-refractivity contribution < 1.29 is 13.9 Å². The summed E-state index contributed by atoms with van der Waals surface area (Å²) in [5.74, 6) is 2.00. The van der Waals surface area contributed by atoms with Crippen LogP contribution in [-0.4, -0.2) is 23.4 Å². The van der Waals surface area contributed by atoms with Gasteiger partial charge in [0.1, 0.15) is 5.76 Å². The minimum absolute atomic E-state index is 0.410. The van der Waals surface area contributed by atoms with Gasteiger partial charge in [0.15, 0.2) is 5.82 Å². The maximum Gasteiger partial charge on any atom is 0.277 e. The molecule has 0 saturated heterocycles. The highest BCUT2D eigenvalue weighted by Crippen LogP contribution is 2.31. The summed E-state index contributed by atoms with van der Waals surface area (Å²) in [6.07, 6.45) is 9.71. The summed E-state index contributed by atoms with van der Waals surface area (Å²) in [6.45, 7) is 3.17. The number of nitrogens with zero attached hydrogens (tertiary/aromatic N) is 2. The third-order valence-electron chi connectivity index (χ3n) is 3.86. The first kappa shape index (κ1) is 13.9. The van der Waals surface area contributed by atoms with Gasteiger partial charge in [0, 0.05) is 18.2 Å². The molecular weight excluding hydrogens is 294 g/mol. The molecule has 0 fully saturated rings. The Labute approximate surface area is 133 Å². The molecule has 6 heteroatoms. The van der Waals surface area contributed by atoms with Crippen LogP contribution in [-0.2, 0) is 4.74 Å². The maximum atomic E-state index is 5.68. The second-order valence-corrected chi connectivity index (χ2v) is 5.35.